The largest absolute Gasteiger partial charge is 0.309 e. The minimum Gasteiger partial charge on any atom is -0.309 e. The number of fused-ring (bicyclic) bond motifs is 12. The third-order valence-electron chi connectivity index (χ3n) is 13.1. The molecule has 0 amide bonds. The van der Waals surface area contributed by atoms with Crippen molar-refractivity contribution in [1.29, 1.82) is 0 Å². The summed E-state index contributed by atoms with van der Waals surface area (Å²) in [6.07, 6.45) is 0. The molecule has 3 heterocycles. The zero-order valence-electron chi connectivity index (χ0n) is 33.6. The molecule has 1 spiro atoms. The molecule has 1 unspecified atom stereocenters. The number of rotatable bonds is 5. The maximum Gasteiger partial charge on any atom is 0.164 e. The van der Waals surface area contributed by atoms with Gasteiger partial charge in [0.1, 0.15) is 0 Å². The molecule has 1 aliphatic carbocycles. The Kier molecular flexibility index (Phi) is 7.49. The fourth-order valence-electron chi connectivity index (χ4n) is 10.5. The van der Waals surface area contributed by atoms with E-state index < -0.39 is 5.41 Å². The summed E-state index contributed by atoms with van der Waals surface area (Å²) in [5.74, 6) is 1.93. The van der Waals surface area contributed by atoms with Crippen molar-refractivity contribution in [3.63, 3.8) is 0 Å². The van der Waals surface area contributed by atoms with Crippen molar-refractivity contribution >= 4 is 21.8 Å². The molecule has 13 rings (SSSR count). The molecule has 4 heteroatoms. The standard InChI is InChI=1S/C58H36N4/c1-4-18-37(19-5-1)41-24-10-11-25-42(41)40-34-35-47-46(36-40)53-45(57-60-55(38-20-6-2-7-21-38)59-56(61-57)39-22-8-3-9-23-39)28-17-30-49(53)58(47)48-29-13-15-33-52(48)62-51-32-14-12-26-43(51)44-27-16-31-50(58)54(44)62/h1-36H. The molecule has 4 nitrogen and oxygen atoms in total. The molecule has 0 saturated carbocycles. The van der Waals surface area contributed by atoms with Crippen LogP contribution in [0.1, 0.15) is 22.3 Å². The van der Waals surface area contributed by atoms with Crippen LogP contribution >= 0.6 is 0 Å². The van der Waals surface area contributed by atoms with E-state index in [4.69, 9.17) is 15.0 Å². The van der Waals surface area contributed by atoms with Crippen molar-refractivity contribution in [1.82, 2.24) is 19.5 Å². The van der Waals surface area contributed by atoms with Gasteiger partial charge in [-0.25, -0.2) is 15.0 Å². The SMILES string of the molecule is c1ccc(-c2nc(-c3ccccc3)nc(-c3cccc4c3-c3cc(-c5ccccc5-c5ccccc5)ccc3C43c4ccccc4-n4c5ccccc5c5cccc3c54)n2)cc1. The number of nitrogens with zero attached hydrogens (tertiary/aromatic N) is 4. The van der Waals surface area contributed by atoms with Crippen LogP contribution in [-0.4, -0.2) is 19.5 Å². The lowest BCUT2D eigenvalue weighted by Gasteiger charge is -2.39. The summed E-state index contributed by atoms with van der Waals surface area (Å²) < 4.78 is 2.50. The van der Waals surface area contributed by atoms with Crippen molar-refractivity contribution < 1.29 is 0 Å². The van der Waals surface area contributed by atoms with E-state index in [1.165, 1.54) is 72.0 Å². The maximum absolute atomic E-state index is 5.34. The van der Waals surface area contributed by atoms with Crippen LogP contribution < -0.4 is 0 Å². The Bertz CT molecular complexity index is 3520. The van der Waals surface area contributed by atoms with Crippen molar-refractivity contribution in [2.45, 2.75) is 5.41 Å². The number of benzene rings is 9. The van der Waals surface area contributed by atoms with E-state index in [1.54, 1.807) is 0 Å². The molecule has 1 aliphatic heterocycles. The second kappa shape index (κ2) is 13.4. The molecule has 0 saturated heterocycles. The van der Waals surface area contributed by atoms with Gasteiger partial charge in [0.05, 0.1) is 22.1 Å². The first-order valence-electron chi connectivity index (χ1n) is 21.2. The third kappa shape index (κ3) is 4.86. The van der Waals surface area contributed by atoms with Gasteiger partial charge in [-0.3, -0.25) is 0 Å². The van der Waals surface area contributed by atoms with Gasteiger partial charge in [0, 0.05) is 27.5 Å². The van der Waals surface area contributed by atoms with Gasteiger partial charge in [-0.1, -0.05) is 200 Å². The minimum atomic E-state index is -0.643. The Balaban J connectivity index is 1.16. The van der Waals surface area contributed by atoms with Gasteiger partial charge >= 0.3 is 0 Å². The summed E-state index contributed by atoms with van der Waals surface area (Å²) in [5, 5.41) is 2.51. The highest BCUT2D eigenvalue weighted by molar-refractivity contribution is 6.13. The number of aromatic nitrogens is 4. The Hall–Kier alpha value is -8.21. The van der Waals surface area contributed by atoms with Gasteiger partial charge in [0.15, 0.2) is 17.5 Å². The van der Waals surface area contributed by atoms with Crippen molar-refractivity contribution in [3.8, 4) is 73.2 Å². The second-order valence-corrected chi connectivity index (χ2v) is 16.3. The number of hydrogen-bond acceptors (Lipinski definition) is 3. The number of para-hydroxylation sites is 3. The molecule has 2 aliphatic rings. The fraction of sp³-hybridized carbons (Fsp3) is 0.0172. The summed E-state index contributed by atoms with van der Waals surface area (Å²) in [5.41, 5.74) is 17.9. The molecule has 0 bridgehead atoms. The highest BCUT2D eigenvalue weighted by Crippen LogP contribution is 2.63. The molecule has 1 atom stereocenters. The highest BCUT2D eigenvalue weighted by Gasteiger charge is 2.51. The Morgan fingerprint density at radius 1 is 0.323 bits per heavy atom. The monoisotopic (exact) mass is 788 g/mol. The zero-order valence-corrected chi connectivity index (χ0v) is 33.6. The smallest absolute Gasteiger partial charge is 0.164 e. The van der Waals surface area contributed by atoms with Crippen molar-refractivity contribution in [2.75, 3.05) is 0 Å². The Morgan fingerprint density at radius 3 is 1.60 bits per heavy atom. The van der Waals surface area contributed by atoms with Gasteiger partial charge in [-0.05, 0) is 73.8 Å². The predicted octanol–water partition coefficient (Wildman–Crippen LogP) is 14.0. The van der Waals surface area contributed by atoms with Gasteiger partial charge in [0.2, 0.25) is 0 Å². The van der Waals surface area contributed by atoms with Crippen LogP contribution in [0, 0.1) is 0 Å². The zero-order chi connectivity index (χ0) is 40.8. The van der Waals surface area contributed by atoms with Gasteiger partial charge < -0.3 is 4.57 Å². The van der Waals surface area contributed by atoms with E-state index in [9.17, 15) is 0 Å². The first kappa shape index (κ1) is 34.6. The molecule has 0 radical (unpaired) electrons. The minimum absolute atomic E-state index is 0.642. The second-order valence-electron chi connectivity index (χ2n) is 16.3. The molecule has 62 heavy (non-hydrogen) atoms. The highest BCUT2D eigenvalue weighted by atomic mass is 15.0. The van der Waals surface area contributed by atoms with Crippen LogP contribution in [0.2, 0.25) is 0 Å². The summed E-state index contributed by atoms with van der Waals surface area (Å²) in [4.78, 5) is 15.8. The Labute approximate surface area is 359 Å². The lowest BCUT2D eigenvalue weighted by molar-refractivity contribution is 0.748. The molecular formula is C58H36N4. The van der Waals surface area contributed by atoms with Gasteiger partial charge in [0.25, 0.3) is 0 Å². The third-order valence-corrected chi connectivity index (χ3v) is 13.1. The quantitative estimate of drug-likeness (QED) is 0.174. The molecule has 11 aromatic rings. The fourth-order valence-corrected chi connectivity index (χ4v) is 10.5. The van der Waals surface area contributed by atoms with Crippen LogP contribution in [0.15, 0.2) is 218 Å². The van der Waals surface area contributed by atoms with E-state index >= 15 is 0 Å². The van der Waals surface area contributed by atoms with Crippen molar-refractivity contribution in [2.24, 2.45) is 0 Å². The lowest BCUT2D eigenvalue weighted by Crippen LogP contribution is -2.33. The van der Waals surface area contributed by atoms with E-state index in [-0.39, 0.29) is 0 Å². The van der Waals surface area contributed by atoms with Crippen LogP contribution in [0.25, 0.3) is 95.0 Å². The topological polar surface area (TPSA) is 43.6 Å². The number of hydrogen-bond donors (Lipinski definition) is 0. The normalized spacial score (nSPS) is 14.5. The van der Waals surface area contributed by atoms with Crippen LogP contribution in [0.4, 0.5) is 0 Å². The summed E-state index contributed by atoms with van der Waals surface area (Å²) >= 11 is 0. The summed E-state index contributed by atoms with van der Waals surface area (Å²) in [7, 11) is 0. The molecular weight excluding hydrogens is 753 g/mol. The lowest BCUT2D eigenvalue weighted by atomic mass is 9.65. The first-order chi connectivity index (χ1) is 30.8. The van der Waals surface area contributed by atoms with Gasteiger partial charge in [-0.2, -0.15) is 0 Å². The predicted molar refractivity (Wildman–Crippen MR) is 252 cm³/mol. The van der Waals surface area contributed by atoms with Crippen LogP contribution in [0.3, 0.4) is 0 Å². The van der Waals surface area contributed by atoms with Crippen LogP contribution in [0.5, 0.6) is 0 Å². The first-order valence-corrected chi connectivity index (χ1v) is 21.2. The van der Waals surface area contributed by atoms with E-state index in [1.807, 2.05) is 36.4 Å². The van der Waals surface area contributed by atoms with Crippen molar-refractivity contribution in [3.05, 3.63) is 241 Å². The molecule has 0 fully saturated rings. The van der Waals surface area contributed by atoms with Gasteiger partial charge in [-0.15, -0.1) is 0 Å². The average molecular weight is 789 g/mol. The van der Waals surface area contributed by atoms with E-state index in [2.05, 4.69) is 187 Å². The summed E-state index contributed by atoms with van der Waals surface area (Å²) in [6.45, 7) is 0. The average Bonchev–Trinajstić information content (AvgIpc) is 3.85. The van der Waals surface area contributed by atoms with E-state index in [0.29, 0.717) is 17.5 Å². The Morgan fingerprint density at radius 2 is 0.855 bits per heavy atom. The molecule has 288 valence electrons. The molecule has 2 aromatic heterocycles. The maximum atomic E-state index is 5.34. The van der Waals surface area contributed by atoms with Crippen LogP contribution in [-0.2, 0) is 5.41 Å². The molecule has 9 aromatic carbocycles. The molecule has 0 N–H and O–H groups in total. The van der Waals surface area contributed by atoms with E-state index in [0.717, 1.165) is 27.8 Å². The summed E-state index contributed by atoms with van der Waals surface area (Å²) in [6, 6.07) is 78.7.